The van der Waals surface area contributed by atoms with Crippen LogP contribution >= 0.6 is 0 Å². The molecule has 0 bridgehead atoms. The Balaban J connectivity index is 1.06. The molecule has 6 heterocycles. The number of para-hydroxylation sites is 1. The van der Waals surface area contributed by atoms with Gasteiger partial charge in [0.2, 0.25) is 17.7 Å². The molecule has 2 aromatic carbocycles. The lowest BCUT2D eigenvalue weighted by Crippen LogP contribution is -2.57. The van der Waals surface area contributed by atoms with Gasteiger partial charge in [-0.25, -0.2) is 37.9 Å². The zero-order valence-electron chi connectivity index (χ0n) is 55.5. The van der Waals surface area contributed by atoms with Crippen molar-refractivity contribution in [2.45, 2.75) is 223 Å². The van der Waals surface area contributed by atoms with Crippen molar-refractivity contribution in [2.75, 3.05) is 26.8 Å². The van der Waals surface area contributed by atoms with Crippen LogP contribution in [0, 0.1) is 31.4 Å². The molecule has 93 heavy (non-hydrogen) atoms. The van der Waals surface area contributed by atoms with Crippen LogP contribution in [0.1, 0.15) is 172 Å². The van der Waals surface area contributed by atoms with Gasteiger partial charge in [-0.2, -0.15) is 0 Å². The van der Waals surface area contributed by atoms with Crippen LogP contribution in [0.3, 0.4) is 0 Å². The Bertz CT molecular complexity index is 3600. The van der Waals surface area contributed by atoms with Gasteiger partial charge in [-0.15, -0.1) is 19.7 Å². The van der Waals surface area contributed by atoms with Gasteiger partial charge in [-0.3, -0.25) is 14.4 Å². The number of nitrogens with one attached hydrogen (secondary N) is 3. The second-order valence-electron chi connectivity index (χ2n) is 27.7. The van der Waals surface area contributed by atoms with Gasteiger partial charge in [0, 0.05) is 40.7 Å². The van der Waals surface area contributed by atoms with Crippen LogP contribution in [-0.2, 0) is 55.8 Å². The number of unbranched alkanes of at least 4 members (excludes halogenated alkanes) is 4. The van der Waals surface area contributed by atoms with Crippen LogP contribution in [0.25, 0.3) is 21.8 Å². The first kappa shape index (κ1) is 69.2. The zero-order chi connectivity index (χ0) is 67.5. The van der Waals surface area contributed by atoms with Gasteiger partial charge in [0.1, 0.15) is 86.3 Å². The van der Waals surface area contributed by atoms with Crippen molar-refractivity contribution in [3.63, 3.8) is 0 Å². The molecule has 20 nitrogen and oxygen atoms in total. The number of hydrogen-bond acceptors (Lipinski definition) is 15. The Morgan fingerprint density at radius 3 is 1.85 bits per heavy atom. The monoisotopic (exact) mass is 1290 g/mol. The van der Waals surface area contributed by atoms with Gasteiger partial charge in [0.15, 0.2) is 0 Å². The number of hydrogen-bond donors (Lipinski definition) is 3. The summed E-state index contributed by atoms with van der Waals surface area (Å²) in [4.78, 5) is 113. The molecule has 0 radical (unpaired) electrons. The number of benzene rings is 2. The molecule has 22 heteroatoms. The molecule has 5 aliphatic rings. The summed E-state index contributed by atoms with van der Waals surface area (Å²) in [6.45, 7) is 26.8. The summed E-state index contributed by atoms with van der Waals surface area (Å²) in [5, 5.41) is 9.63. The first-order chi connectivity index (χ1) is 44.0. The van der Waals surface area contributed by atoms with E-state index in [-0.39, 0.29) is 75.7 Å². The second-order valence-corrected chi connectivity index (χ2v) is 27.7. The second kappa shape index (κ2) is 27.8. The number of nitrogens with zero attached hydrogens (tertiary/aromatic N) is 4. The fourth-order valence-corrected chi connectivity index (χ4v) is 14.0. The van der Waals surface area contributed by atoms with Crippen molar-refractivity contribution in [3.8, 4) is 11.5 Å². The third-order valence-electron chi connectivity index (χ3n) is 18.5. The van der Waals surface area contributed by atoms with Crippen molar-refractivity contribution in [1.29, 1.82) is 0 Å². The van der Waals surface area contributed by atoms with Crippen LogP contribution in [0.2, 0.25) is 0 Å². The van der Waals surface area contributed by atoms with E-state index in [9.17, 15) is 24.0 Å². The fraction of sp³-hybridized carbons (Fsp3) is 0.563. The maximum atomic E-state index is 17.2. The molecular weight excluding hydrogens is 1200 g/mol. The van der Waals surface area contributed by atoms with Crippen LogP contribution in [0.15, 0.2) is 68.3 Å². The van der Waals surface area contributed by atoms with Gasteiger partial charge >= 0.3 is 24.1 Å². The van der Waals surface area contributed by atoms with Crippen molar-refractivity contribution < 1.29 is 70.8 Å². The minimum atomic E-state index is -1.40. The lowest BCUT2D eigenvalue weighted by Gasteiger charge is -2.37. The molecule has 5 amide bonds. The number of aromatic nitrogens is 2. The van der Waals surface area contributed by atoms with Crippen molar-refractivity contribution in [1.82, 2.24) is 35.7 Å². The van der Waals surface area contributed by atoms with Gasteiger partial charge in [-0.1, -0.05) is 43.2 Å². The molecule has 9 atom stereocenters. The molecule has 4 aliphatic heterocycles. The number of alkyl carbamates (subject to hydrolysis) is 2. The third kappa shape index (κ3) is 15.1. The fourth-order valence-electron chi connectivity index (χ4n) is 14.0. The molecule has 2 unspecified atom stereocenters. The van der Waals surface area contributed by atoms with Gasteiger partial charge in [-0.05, 0) is 169 Å². The number of fused-ring (bicyclic) bond motifs is 6. The van der Waals surface area contributed by atoms with E-state index in [0.717, 1.165) is 24.8 Å². The molecular formula is C71H91F2N7O13. The average molecular weight is 1290 g/mol. The topological polar surface area (TPSA) is 243 Å². The van der Waals surface area contributed by atoms with Crippen LogP contribution in [0.5, 0.6) is 11.5 Å². The maximum absolute atomic E-state index is 17.2. The number of halogens is 2. The average Bonchev–Trinajstić information content (AvgIpc) is 1.57. The summed E-state index contributed by atoms with van der Waals surface area (Å²) in [6, 6.07) is 3.17. The van der Waals surface area contributed by atoms with E-state index < -0.39 is 117 Å². The Labute approximate surface area is 543 Å². The minimum Gasteiger partial charge on any atom is -0.483 e. The number of rotatable bonds is 23. The van der Waals surface area contributed by atoms with Crippen LogP contribution < -0.4 is 25.4 Å². The maximum Gasteiger partial charge on any atom is 0.408 e. The smallest absolute Gasteiger partial charge is 0.408 e. The van der Waals surface area contributed by atoms with E-state index >= 15 is 18.4 Å². The highest BCUT2D eigenvalue weighted by atomic mass is 19.1. The van der Waals surface area contributed by atoms with Crippen LogP contribution in [-0.4, -0.2) is 141 Å². The highest BCUT2D eigenvalue weighted by molar-refractivity contribution is 5.97. The van der Waals surface area contributed by atoms with E-state index in [1.807, 2.05) is 12.1 Å². The molecule has 1 aliphatic carbocycles. The highest BCUT2D eigenvalue weighted by Gasteiger charge is 2.63. The zero-order valence-corrected chi connectivity index (χ0v) is 55.5. The summed E-state index contributed by atoms with van der Waals surface area (Å²) in [5.74, 6) is -4.50. The van der Waals surface area contributed by atoms with Gasteiger partial charge in [0.25, 0.3) is 0 Å². The third-order valence-corrected chi connectivity index (χ3v) is 18.5. The lowest BCUT2D eigenvalue weighted by atomic mass is 9.84. The van der Waals surface area contributed by atoms with Gasteiger partial charge < -0.3 is 54.2 Å². The van der Waals surface area contributed by atoms with E-state index in [0.29, 0.717) is 83.3 Å². The standard InChI is InChI=1S/C71H91F2N7O13/c1-14-18-20-21-23-28-52(76-65(86)92-67(7,8)9)61(82)79-39-69(37-54(79)60(81)78-71(36-45(71)16-3)64(85)89-17-4)32-30-48-49-33-44(34-51(73)57(49)75-42(6)59(48)91-69)43(25-22-19-15-2)35-53(77-66(87)93-68(10,11)12)62(83)80-40-70(38-55(80)63(84)88-13)31-29-47-46-26-24-27-50(72)56(46)74-41(5)58(47)90-70/h14-16,24,26-27,33-34,43,45,52-55H,1-3,17-23,25,28-32,35-40H2,4-13H3,(H,76,86)(H,77,87)(H,78,81)/t43?,45?,52-,53-,54-,55-,69+,70+,71+/m0/s1. The van der Waals surface area contributed by atoms with E-state index in [1.54, 1.807) is 86.6 Å². The summed E-state index contributed by atoms with van der Waals surface area (Å²) in [5.41, 5.74) is -2.65. The van der Waals surface area contributed by atoms with E-state index in [4.69, 9.17) is 33.4 Å². The quantitative estimate of drug-likeness (QED) is 0.0271. The number of likely N-dealkylation sites (tertiary alicyclic amines) is 2. The molecule has 2 saturated heterocycles. The van der Waals surface area contributed by atoms with Crippen molar-refractivity contribution >= 4 is 63.7 Å². The SMILES string of the molecule is C=CCCCCC[C@H](NC(=O)OC(C)(C)C)C(=O)N1C[C@@]2(CCc3c(c(C)nc4c(F)cc(C(CCCC=C)C[C@H](NC(=O)OC(C)(C)C)C(=O)N5C[C@@]6(CCc7c(c(C)nc8c(F)cccc78)O6)C[C@H]5C(=O)OC)cc34)O2)C[C@H]1C(=O)N[C@]1(C(=O)OCC)CC1C=C. The molecule has 2 spiro atoms. The normalized spacial score (nSPS) is 23.1. The lowest BCUT2D eigenvalue weighted by molar-refractivity contribution is -0.151. The predicted molar refractivity (Wildman–Crippen MR) is 345 cm³/mol. The Hall–Kier alpha value is -8.17. The number of methoxy groups -OCH3 is 1. The molecule has 3 fully saturated rings. The molecule has 2 aromatic heterocycles. The van der Waals surface area contributed by atoms with Crippen molar-refractivity contribution in [3.05, 3.63) is 108 Å². The van der Waals surface area contributed by atoms with Crippen molar-refractivity contribution in [2.24, 2.45) is 5.92 Å². The minimum absolute atomic E-state index is 0.0267. The largest absolute Gasteiger partial charge is 0.483 e. The first-order valence-corrected chi connectivity index (χ1v) is 32.6. The number of ether oxygens (including phenoxy) is 6. The van der Waals surface area contributed by atoms with Gasteiger partial charge in [0.05, 0.1) is 38.2 Å². The summed E-state index contributed by atoms with van der Waals surface area (Å²) in [7, 11) is 1.23. The van der Waals surface area contributed by atoms with Crippen LogP contribution in [0.4, 0.5) is 18.4 Å². The highest BCUT2D eigenvalue weighted by Crippen LogP contribution is 2.50. The van der Waals surface area contributed by atoms with E-state index in [1.165, 1.54) is 29.0 Å². The number of amides is 5. The number of carbonyl (C=O) groups excluding carboxylic acids is 7. The molecule has 3 N–H and O–H groups in total. The number of aryl methyl sites for hydroxylation is 4. The molecule has 4 aromatic rings. The number of pyridine rings is 2. The summed E-state index contributed by atoms with van der Waals surface area (Å²) < 4.78 is 68.4. The Morgan fingerprint density at radius 1 is 0.720 bits per heavy atom. The summed E-state index contributed by atoms with van der Waals surface area (Å²) >= 11 is 0. The molecule has 1 saturated carbocycles. The number of carbonyl (C=O) groups is 7. The Kier molecular flexibility index (Phi) is 20.7. The number of esters is 2. The molecule has 502 valence electrons. The number of allylic oxidation sites excluding steroid dienone is 2. The Morgan fingerprint density at radius 2 is 1.28 bits per heavy atom. The first-order valence-electron chi connectivity index (χ1n) is 32.6. The predicted octanol–water partition coefficient (Wildman–Crippen LogP) is 11.3. The van der Waals surface area contributed by atoms with E-state index in [2.05, 4.69) is 40.7 Å². The summed E-state index contributed by atoms with van der Waals surface area (Å²) in [6.07, 6.45) is 9.52. The molecule has 9 rings (SSSR count).